The van der Waals surface area contributed by atoms with Crippen molar-refractivity contribution in [1.82, 2.24) is 14.5 Å². The molecule has 8 heteroatoms. The lowest BCUT2D eigenvalue weighted by molar-refractivity contribution is -0.0595. The number of nitrogens with zero attached hydrogens (tertiary/aromatic N) is 3. The Morgan fingerprint density at radius 2 is 1.88 bits per heavy atom. The van der Waals surface area contributed by atoms with Crippen LogP contribution in [-0.2, 0) is 24.3 Å². The molecule has 1 atom stereocenters. The van der Waals surface area contributed by atoms with Gasteiger partial charge in [-0.2, -0.15) is 0 Å². The molecule has 5 rings (SSSR count). The van der Waals surface area contributed by atoms with E-state index in [1.54, 1.807) is 42.6 Å². The first-order valence-electron chi connectivity index (χ1n) is 11.0. The standard InChI is InChI=1S/C26H22ClF2N3O2/c27-20-7-6-19(23(29)14-20)16-34-26-3-1-2-24(31-26)18-5-4-17(22(28)12-18)13-25-30-9-10-32(25)15-21-8-11-33-21/h1-7,9-10,12,14,21H,8,11,13,15-16H2/t21-/m0/s1. The maximum absolute atomic E-state index is 15.0. The predicted octanol–water partition coefficient (Wildman–Crippen LogP) is 5.84. The lowest BCUT2D eigenvalue weighted by Gasteiger charge is -2.27. The molecule has 1 aliphatic heterocycles. The smallest absolute Gasteiger partial charge is 0.214 e. The second-order valence-corrected chi connectivity index (χ2v) is 8.58. The van der Waals surface area contributed by atoms with Crippen molar-refractivity contribution < 1.29 is 18.3 Å². The molecule has 5 nitrogen and oxygen atoms in total. The highest BCUT2D eigenvalue weighted by atomic mass is 35.5. The molecule has 1 fully saturated rings. The molecule has 4 aromatic rings. The SMILES string of the molecule is Fc1cc(Cl)ccc1COc1cccc(-c2ccc(Cc3nccn3C[C@@H]3CCO3)c(F)c2)n1. The van der Waals surface area contributed by atoms with Gasteiger partial charge in [-0.3, -0.25) is 0 Å². The maximum atomic E-state index is 15.0. The lowest BCUT2D eigenvalue weighted by atomic mass is 10.1. The number of halogens is 3. The molecule has 0 unspecified atom stereocenters. The molecule has 0 amide bonds. The summed E-state index contributed by atoms with van der Waals surface area (Å²) in [5.74, 6) is 0.340. The molecule has 0 spiro atoms. The first-order valence-corrected chi connectivity index (χ1v) is 11.4. The monoisotopic (exact) mass is 481 g/mol. The van der Waals surface area contributed by atoms with Crippen molar-refractivity contribution in [2.45, 2.75) is 32.1 Å². The Hall–Kier alpha value is -3.29. The topological polar surface area (TPSA) is 49.2 Å². The Morgan fingerprint density at radius 1 is 1.06 bits per heavy atom. The van der Waals surface area contributed by atoms with E-state index >= 15 is 0 Å². The summed E-state index contributed by atoms with van der Waals surface area (Å²) in [6.45, 7) is 1.53. The van der Waals surface area contributed by atoms with Gasteiger partial charge in [0.15, 0.2) is 0 Å². The summed E-state index contributed by atoms with van der Waals surface area (Å²) < 4.78 is 42.1. The number of aromatic nitrogens is 3. The van der Waals surface area contributed by atoms with Crippen LogP contribution in [0.15, 0.2) is 67.0 Å². The number of rotatable bonds is 8. The van der Waals surface area contributed by atoms with E-state index in [1.807, 2.05) is 16.8 Å². The van der Waals surface area contributed by atoms with Crippen LogP contribution in [0.4, 0.5) is 8.78 Å². The van der Waals surface area contributed by atoms with Gasteiger partial charge in [0.1, 0.15) is 24.1 Å². The molecule has 3 heterocycles. The fraction of sp³-hybridized carbons (Fsp3) is 0.231. The molecule has 0 radical (unpaired) electrons. The molecular weight excluding hydrogens is 460 g/mol. The molecule has 1 saturated heterocycles. The van der Waals surface area contributed by atoms with Gasteiger partial charge in [-0.1, -0.05) is 35.9 Å². The van der Waals surface area contributed by atoms with Crippen LogP contribution in [0, 0.1) is 11.6 Å². The Morgan fingerprint density at radius 3 is 2.65 bits per heavy atom. The summed E-state index contributed by atoms with van der Waals surface area (Å²) in [5.41, 5.74) is 2.10. The number of hydrogen-bond donors (Lipinski definition) is 0. The van der Waals surface area contributed by atoms with Gasteiger partial charge in [0.25, 0.3) is 0 Å². The van der Waals surface area contributed by atoms with E-state index in [0.717, 1.165) is 25.4 Å². The number of pyridine rings is 1. The molecule has 2 aromatic heterocycles. The molecule has 174 valence electrons. The molecule has 0 saturated carbocycles. The summed E-state index contributed by atoms with van der Waals surface area (Å²) >= 11 is 5.79. The minimum absolute atomic E-state index is 0.00526. The van der Waals surface area contributed by atoms with E-state index in [-0.39, 0.29) is 18.5 Å². The zero-order valence-corrected chi connectivity index (χ0v) is 19.0. The summed E-state index contributed by atoms with van der Waals surface area (Å²) in [4.78, 5) is 8.84. The van der Waals surface area contributed by atoms with E-state index in [1.165, 1.54) is 12.1 Å². The zero-order chi connectivity index (χ0) is 23.5. The van der Waals surface area contributed by atoms with Crippen LogP contribution in [0.3, 0.4) is 0 Å². The molecule has 0 aliphatic carbocycles. The molecule has 2 aromatic carbocycles. The fourth-order valence-electron chi connectivity index (χ4n) is 3.79. The number of benzene rings is 2. The molecule has 34 heavy (non-hydrogen) atoms. The molecule has 0 N–H and O–H groups in total. The van der Waals surface area contributed by atoms with Gasteiger partial charge in [-0.25, -0.2) is 18.7 Å². The van der Waals surface area contributed by atoms with Crippen LogP contribution in [-0.4, -0.2) is 27.2 Å². The largest absolute Gasteiger partial charge is 0.473 e. The van der Waals surface area contributed by atoms with Gasteiger partial charge in [-0.05, 0) is 36.2 Å². The van der Waals surface area contributed by atoms with Crippen LogP contribution < -0.4 is 4.74 Å². The van der Waals surface area contributed by atoms with Crippen LogP contribution >= 0.6 is 11.6 Å². The third kappa shape index (κ3) is 5.11. The number of ether oxygens (including phenoxy) is 2. The summed E-state index contributed by atoms with van der Waals surface area (Å²) in [5, 5.41) is 0.322. The quantitative estimate of drug-likeness (QED) is 0.317. The van der Waals surface area contributed by atoms with Crippen molar-refractivity contribution in [1.29, 1.82) is 0 Å². The van der Waals surface area contributed by atoms with Crippen molar-refractivity contribution in [3.05, 3.63) is 101 Å². The minimum atomic E-state index is -0.442. The first kappa shape index (κ1) is 22.5. The summed E-state index contributed by atoms with van der Waals surface area (Å²) in [6, 6.07) is 14.7. The zero-order valence-electron chi connectivity index (χ0n) is 18.3. The van der Waals surface area contributed by atoms with Crippen LogP contribution in [0.5, 0.6) is 5.88 Å². The van der Waals surface area contributed by atoms with Gasteiger partial charge in [-0.15, -0.1) is 0 Å². The van der Waals surface area contributed by atoms with E-state index in [4.69, 9.17) is 21.1 Å². The Bertz CT molecular complexity index is 1310. The first-order chi connectivity index (χ1) is 16.5. The Labute approximate surface area is 201 Å². The van der Waals surface area contributed by atoms with Crippen molar-refractivity contribution in [2.24, 2.45) is 0 Å². The van der Waals surface area contributed by atoms with Crippen molar-refractivity contribution in [3.8, 4) is 17.1 Å². The molecule has 1 aliphatic rings. The highest BCUT2D eigenvalue weighted by Gasteiger charge is 2.20. The van der Waals surface area contributed by atoms with Crippen LogP contribution in [0.2, 0.25) is 5.02 Å². The normalized spacial score (nSPS) is 15.2. The van der Waals surface area contributed by atoms with E-state index in [0.29, 0.717) is 39.7 Å². The maximum Gasteiger partial charge on any atom is 0.214 e. The van der Waals surface area contributed by atoms with Gasteiger partial charge in [0.05, 0.1) is 18.3 Å². The van der Waals surface area contributed by atoms with Crippen molar-refractivity contribution >= 4 is 11.6 Å². The predicted molar refractivity (Wildman–Crippen MR) is 125 cm³/mol. The van der Waals surface area contributed by atoms with Gasteiger partial charge >= 0.3 is 0 Å². The minimum Gasteiger partial charge on any atom is -0.473 e. The molecule has 0 bridgehead atoms. The van der Waals surface area contributed by atoms with Crippen molar-refractivity contribution in [2.75, 3.05) is 6.61 Å². The average Bonchev–Trinajstić information content (AvgIpc) is 3.24. The molecular formula is C26H22ClF2N3O2. The van der Waals surface area contributed by atoms with Crippen molar-refractivity contribution in [3.63, 3.8) is 0 Å². The van der Waals surface area contributed by atoms with E-state index in [9.17, 15) is 8.78 Å². The van der Waals surface area contributed by atoms with Crippen LogP contribution in [0.1, 0.15) is 23.4 Å². The summed E-state index contributed by atoms with van der Waals surface area (Å²) in [6.07, 6.45) is 5.25. The second kappa shape index (κ2) is 9.91. The Balaban J connectivity index is 1.28. The average molecular weight is 482 g/mol. The number of imidazole rings is 1. The van der Waals surface area contributed by atoms with Gasteiger partial charge in [0.2, 0.25) is 5.88 Å². The van der Waals surface area contributed by atoms with Crippen LogP contribution in [0.25, 0.3) is 11.3 Å². The fourth-order valence-corrected chi connectivity index (χ4v) is 3.95. The second-order valence-electron chi connectivity index (χ2n) is 8.15. The highest BCUT2D eigenvalue weighted by Crippen LogP contribution is 2.25. The van der Waals surface area contributed by atoms with E-state index in [2.05, 4.69) is 9.97 Å². The third-order valence-electron chi connectivity index (χ3n) is 5.81. The Kier molecular flexibility index (Phi) is 6.56. The lowest BCUT2D eigenvalue weighted by Crippen LogP contribution is -2.31. The highest BCUT2D eigenvalue weighted by molar-refractivity contribution is 6.30. The summed E-state index contributed by atoms with van der Waals surface area (Å²) in [7, 11) is 0. The van der Waals surface area contributed by atoms with Gasteiger partial charge in [0, 0.05) is 47.6 Å². The number of hydrogen-bond acceptors (Lipinski definition) is 4. The van der Waals surface area contributed by atoms with E-state index < -0.39 is 5.82 Å². The third-order valence-corrected chi connectivity index (χ3v) is 6.04. The van der Waals surface area contributed by atoms with Gasteiger partial charge < -0.3 is 14.0 Å².